The Morgan fingerprint density at radius 1 is 1.06 bits per heavy atom. The van der Waals surface area contributed by atoms with E-state index in [9.17, 15) is 9.59 Å². The number of benzene rings is 1. The maximum Gasteiger partial charge on any atom is 0.410 e. The van der Waals surface area contributed by atoms with Crippen LogP contribution in [-0.2, 0) is 16.1 Å². The molecule has 33 heavy (non-hydrogen) atoms. The number of piperidine rings is 1. The number of hydrogen-bond donors (Lipinski definition) is 1. The van der Waals surface area contributed by atoms with Crippen molar-refractivity contribution in [2.75, 3.05) is 19.6 Å². The molecule has 3 heterocycles. The summed E-state index contributed by atoms with van der Waals surface area (Å²) < 4.78 is 11.0. The molecule has 2 aliphatic rings. The third-order valence-corrected chi connectivity index (χ3v) is 6.21. The van der Waals surface area contributed by atoms with E-state index in [1.54, 1.807) is 9.80 Å². The van der Waals surface area contributed by atoms with Crippen LogP contribution in [0.5, 0.6) is 0 Å². The van der Waals surface area contributed by atoms with E-state index in [2.05, 4.69) is 9.97 Å². The van der Waals surface area contributed by atoms with Crippen LogP contribution < -0.4 is 0 Å². The highest BCUT2D eigenvalue weighted by atomic mass is 16.6. The van der Waals surface area contributed by atoms with E-state index in [4.69, 9.17) is 9.47 Å². The van der Waals surface area contributed by atoms with Crippen LogP contribution in [0.25, 0.3) is 0 Å². The molecule has 1 N–H and O–H groups in total. The first-order valence-electron chi connectivity index (χ1n) is 11.8. The lowest BCUT2D eigenvalue weighted by Gasteiger charge is -2.31. The van der Waals surface area contributed by atoms with Gasteiger partial charge in [0.05, 0.1) is 6.04 Å². The summed E-state index contributed by atoms with van der Waals surface area (Å²) in [4.78, 5) is 36.7. The monoisotopic (exact) mass is 454 g/mol. The Hall–Kier alpha value is -3.03. The molecule has 0 saturated carbocycles. The lowest BCUT2D eigenvalue weighted by molar-refractivity contribution is 0.0218. The number of aromatic amines is 1. The molecule has 178 valence electrons. The maximum absolute atomic E-state index is 12.6. The highest BCUT2D eigenvalue weighted by Crippen LogP contribution is 2.34. The number of imidazole rings is 1. The molecule has 2 aromatic rings. The van der Waals surface area contributed by atoms with Crippen molar-refractivity contribution in [2.24, 2.45) is 0 Å². The number of ether oxygens (including phenoxy) is 2. The standard InChI is InChI=1S/C25H34N4O4/c1-25(2,3)33-24(31)29-13-7-10-21(29)22-26-16-20(27-22)19-11-14-28(15-12-19)23(30)32-17-18-8-5-4-6-9-18/h4-6,8-9,16,19,21H,7,10-15,17H2,1-3H3,(H,26,27)/t21-/m0/s1. The van der Waals surface area contributed by atoms with Crippen LogP contribution in [0.15, 0.2) is 36.5 Å². The predicted molar refractivity (Wildman–Crippen MR) is 124 cm³/mol. The molecule has 0 spiro atoms. The van der Waals surface area contributed by atoms with Crippen LogP contribution in [0, 0.1) is 0 Å². The highest BCUT2D eigenvalue weighted by Gasteiger charge is 2.35. The van der Waals surface area contributed by atoms with Crippen molar-refractivity contribution in [1.29, 1.82) is 0 Å². The van der Waals surface area contributed by atoms with Gasteiger partial charge in [-0.3, -0.25) is 4.90 Å². The third-order valence-electron chi connectivity index (χ3n) is 6.21. The first-order valence-corrected chi connectivity index (χ1v) is 11.8. The Bertz CT molecular complexity index is 945. The first kappa shape index (κ1) is 23.1. The van der Waals surface area contributed by atoms with Crippen LogP contribution >= 0.6 is 0 Å². The summed E-state index contributed by atoms with van der Waals surface area (Å²) in [6, 6.07) is 9.63. The molecular weight excluding hydrogens is 420 g/mol. The number of hydrogen-bond acceptors (Lipinski definition) is 5. The van der Waals surface area contributed by atoms with Gasteiger partial charge in [-0.15, -0.1) is 0 Å². The fourth-order valence-electron chi connectivity index (χ4n) is 4.50. The lowest BCUT2D eigenvalue weighted by atomic mass is 9.94. The average molecular weight is 455 g/mol. The van der Waals surface area contributed by atoms with Crippen molar-refractivity contribution in [3.63, 3.8) is 0 Å². The molecule has 1 atom stereocenters. The molecule has 0 aliphatic carbocycles. The smallest absolute Gasteiger partial charge is 0.410 e. The number of carbonyl (C=O) groups is 2. The zero-order chi connectivity index (χ0) is 23.4. The van der Waals surface area contributed by atoms with E-state index in [0.29, 0.717) is 32.2 Å². The molecule has 2 fully saturated rings. The van der Waals surface area contributed by atoms with Gasteiger partial charge in [-0.05, 0) is 52.0 Å². The first-order chi connectivity index (χ1) is 15.8. The fourth-order valence-corrected chi connectivity index (χ4v) is 4.50. The van der Waals surface area contributed by atoms with Gasteiger partial charge in [0.1, 0.15) is 18.0 Å². The van der Waals surface area contributed by atoms with Crippen molar-refractivity contribution in [2.45, 2.75) is 70.6 Å². The number of likely N-dealkylation sites (tertiary alicyclic amines) is 2. The van der Waals surface area contributed by atoms with Crippen molar-refractivity contribution in [1.82, 2.24) is 19.8 Å². The van der Waals surface area contributed by atoms with Crippen LogP contribution in [0.3, 0.4) is 0 Å². The van der Waals surface area contributed by atoms with Gasteiger partial charge in [-0.25, -0.2) is 14.6 Å². The molecule has 2 aliphatic heterocycles. The normalized spacial score (nSPS) is 19.5. The second-order valence-corrected chi connectivity index (χ2v) is 9.86. The van der Waals surface area contributed by atoms with Crippen LogP contribution in [0.2, 0.25) is 0 Å². The minimum Gasteiger partial charge on any atom is -0.445 e. The number of amides is 2. The van der Waals surface area contributed by atoms with Gasteiger partial charge in [-0.1, -0.05) is 30.3 Å². The van der Waals surface area contributed by atoms with Gasteiger partial charge in [0.2, 0.25) is 0 Å². The van der Waals surface area contributed by atoms with Gasteiger partial charge in [0.25, 0.3) is 0 Å². The van der Waals surface area contributed by atoms with E-state index < -0.39 is 5.60 Å². The average Bonchev–Trinajstić information content (AvgIpc) is 3.47. The molecule has 0 bridgehead atoms. The molecule has 2 saturated heterocycles. The summed E-state index contributed by atoms with van der Waals surface area (Å²) >= 11 is 0. The molecular formula is C25H34N4O4. The second kappa shape index (κ2) is 9.85. The van der Waals surface area contributed by atoms with E-state index in [1.165, 1.54) is 0 Å². The highest BCUT2D eigenvalue weighted by molar-refractivity contribution is 5.69. The summed E-state index contributed by atoms with van der Waals surface area (Å²) in [5.41, 5.74) is 1.53. The van der Waals surface area contributed by atoms with Crippen molar-refractivity contribution in [3.8, 4) is 0 Å². The van der Waals surface area contributed by atoms with Crippen molar-refractivity contribution >= 4 is 12.2 Å². The quantitative estimate of drug-likeness (QED) is 0.703. The molecule has 8 heteroatoms. The lowest BCUT2D eigenvalue weighted by Crippen LogP contribution is -2.38. The molecule has 0 unspecified atom stereocenters. The fraction of sp³-hybridized carbons (Fsp3) is 0.560. The zero-order valence-corrected chi connectivity index (χ0v) is 19.8. The maximum atomic E-state index is 12.6. The summed E-state index contributed by atoms with van der Waals surface area (Å²) in [6.45, 7) is 7.92. The number of aromatic nitrogens is 2. The summed E-state index contributed by atoms with van der Waals surface area (Å²) in [7, 11) is 0. The van der Waals surface area contributed by atoms with E-state index in [0.717, 1.165) is 42.8 Å². The summed E-state index contributed by atoms with van der Waals surface area (Å²) in [5.74, 6) is 1.12. The summed E-state index contributed by atoms with van der Waals surface area (Å²) in [6.07, 6.45) is 4.84. The Morgan fingerprint density at radius 3 is 2.48 bits per heavy atom. The van der Waals surface area contributed by atoms with Gasteiger partial charge < -0.3 is 19.4 Å². The number of nitrogens with zero attached hydrogens (tertiary/aromatic N) is 3. The molecule has 2 amide bonds. The molecule has 1 aromatic carbocycles. The van der Waals surface area contributed by atoms with Gasteiger partial charge in [0.15, 0.2) is 0 Å². The van der Waals surface area contributed by atoms with Crippen LogP contribution in [0.4, 0.5) is 9.59 Å². The number of rotatable bonds is 4. The largest absolute Gasteiger partial charge is 0.445 e. The molecule has 4 rings (SSSR count). The minimum atomic E-state index is -0.519. The van der Waals surface area contributed by atoms with E-state index in [1.807, 2.05) is 57.3 Å². The van der Waals surface area contributed by atoms with Gasteiger partial charge in [0, 0.05) is 37.4 Å². The zero-order valence-electron chi connectivity index (χ0n) is 19.8. The molecule has 8 nitrogen and oxygen atoms in total. The minimum absolute atomic E-state index is 0.0818. The van der Waals surface area contributed by atoms with Crippen LogP contribution in [0.1, 0.15) is 75.5 Å². The third kappa shape index (κ3) is 5.86. The Balaban J connectivity index is 1.30. The Kier molecular flexibility index (Phi) is 6.91. The summed E-state index contributed by atoms with van der Waals surface area (Å²) in [5, 5.41) is 0. The van der Waals surface area contributed by atoms with Crippen LogP contribution in [-0.4, -0.2) is 57.2 Å². The van der Waals surface area contributed by atoms with Gasteiger partial charge in [-0.2, -0.15) is 0 Å². The number of carbonyl (C=O) groups excluding carboxylic acids is 2. The molecule has 1 aromatic heterocycles. The van der Waals surface area contributed by atoms with Crippen molar-refractivity contribution in [3.05, 3.63) is 53.6 Å². The van der Waals surface area contributed by atoms with Crippen molar-refractivity contribution < 1.29 is 19.1 Å². The van der Waals surface area contributed by atoms with E-state index >= 15 is 0 Å². The topological polar surface area (TPSA) is 87.8 Å². The second-order valence-electron chi connectivity index (χ2n) is 9.86. The predicted octanol–water partition coefficient (Wildman–Crippen LogP) is 5.00. The molecule has 0 radical (unpaired) electrons. The SMILES string of the molecule is CC(C)(C)OC(=O)N1CCC[C@H]1c1ncc(C2CCN(C(=O)OCc3ccccc3)CC2)[nH]1. The number of H-pyrrole nitrogens is 1. The Morgan fingerprint density at radius 2 is 1.79 bits per heavy atom. The van der Waals surface area contributed by atoms with E-state index in [-0.39, 0.29) is 18.2 Å². The Labute approximate surface area is 195 Å². The van der Waals surface area contributed by atoms with Gasteiger partial charge >= 0.3 is 12.2 Å². The number of nitrogens with one attached hydrogen (secondary N) is 1.